The fraction of sp³-hybridized carbons (Fsp3) is 0.294. The van der Waals surface area contributed by atoms with E-state index < -0.39 is 57.2 Å². The minimum absolute atomic E-state index is 0.0416. The summed E-state index contributed by atoms with van der Waals surface area (Å²) in [4.78, 5) is 0. The average molecular weight is 362 g/mol. The zero-order valence-electron chi connectivity index (χ0n) is 13.1. The fourth-order valence-corrected chi connectivity index (χ4v) is 2.92. The Labute approximate surface area is 139 Å². The summed E-state index contributed by atoms with van der Waals surface area (Å²) >= 11 is 0. The van der Waals surface area contributed by atoms with Crippen molar-refractivity contribution in [3.63, 3.8) is 0 Å². The van der Waals surface area contributed by atoms with Crippen LogP contribution in [-0.4, -0.2) is 13.7 Å². The molecule has 0 N–H and O–H groups in total. The molecule has 8 heteroatoms. The lowest BCUT2D eigenvalue weighted by Gasteiger charge is -2.35. The van der Waals surface area contributed by atoms with E-state index in [-0.39, 0.29) is 6.61 Å². The molecule has 0 spiro atoms. The van der Waals surface area contributed by atoms with Gasteiger partial charge in [0.1, 0.15) is 0 Å². The van der Waals surface area contributed by atoms with E-state index in [0.717, 1.165) is 31.4 Å². The molecule has 3 rings (SSSR count). The molecule has 0 radical (unpaired) electrons. The normalized spacial score (nSPS) is 16.8. The molecule has 0 saturated heterocycles. The monoisotopic (exact) mass is 362 g/mol. The lowest BCUT2D eigenvalue weighted by Crippen LogP contribution is -2.41. The summed E-state index contributed by atoms with van der Waals surface area (Å²) in [7, 11) is 1.02. The summed E-state index contributed by atoms with van der Waals surface area (Å²) in [5, 5.41) is 0. The summed E-state index contributed by atoms with van der Waals surface area (Å²) in [6.45, 7) is 1.45. The van der Waals surface area contributed by atoms with E-state index in [0.29, 0.717) is 0 Å². The standard InChI is InChI=1S/C17H12F6O2/c1-3-25-11-7-5-9-8-4-6-10(24-2)14(18)12(8)16(20,21)17(22,23)13(9)15(11)19/h4-7H,3H2,1-2H3. The molecule has 134 valence electrons. The van der Waals surface area contributed by atoms with Crippen LogP contribution in [0.2, 0.25) is 0 Å². The lowest BCUT2D eigenvalue weighted by atomic mass is 9.79. The maximum absolute atomic E-state index is 14.5. The number of alkyl halides is 4. The van der Waals surface area contributed by atoms with Crippen LogP contribution >= 0.6 is 0 Å². The van der Waals surface area contributed by atoms with E-state index in [4.69, 9.17) is 4.74 Å². The van der Waals surface area contributed by atoms with E-state index in [1.54, 1.807) is 0 Å². The van der Waals surface area contributed by atoms with Gasteiger partial charge in [-0.05, 0) is 42.3 Å². The highest BCUT2D eigenvalue weighted by atomic mass is 19.3. The fourth-order valence-electron chi connectivity index (χ4n) is 2.92. The maximum atomic E-state index is 14.5. The number of rotatable bonds is 3. The topological polar surface area (TPSA) is 18.5 Å². The van der Waals surface area contributed by atoms with Crippen molar-refractivity contribution in [1.82, 2.24) is 0 Å². The Bertz CT molecular complexity index is 848. The van der Waals surface area contributed by atoms with Crippen LogP contribution in [0.1, 0.15) is 18.1 Å². The van der Waals surface area contributed by atoms with Gasteiger partial charge in [0.25, 0.3) is 0 Å². The zero-order chi connectivity index (χ0) is 18.6. The summed E-state index contributed by atoms with van der Waals surface area (Å²) < 4.78 is 96.2. The Kier molecular flexibility index (Phi) is 3.89. The Morgan fingerprint density at radius 3 is 1.68 bits per heavy atom. The zero-order valence-corrected chi connectivity index (χ0v) is 13.1. The molecule has 0 fully saturated rings. The minimum Gasteiger partial charge on any atom is -0.494 e. The highest BCUT2D eigenvalue weighted by molar-refractivity contribution is 5.78. The van der Waals surface area contributed by atoms with Crippen molar-refractivity contribution >= 4 is 0 Å². The molecular formula is C17H12F6O2. The Morgan fingerprint density at radius 2 is 1.24 bits per heavy atom. The van der Waals surface area contributed by atoms with Crippen molar-refractivity contribution < 1.29 is 35.8 Å². The number of methoxy groups -OCH3 is 1. The van der Waals surface area contributed by atoms with E-state index in [9.17, 15) is 26.3 Å². The molecule has 1 aliphatic carbocycles. The second kappa shape index (κ2) is 5.57. The van der Waals surface area contributed by atoms with Crippen molar-refractivity contribution in [2.75, 3.05) is 13.7 Å². The largest absolute Gasteiger partial charge is 0.494 e. The van der Waals surface area contributed by atoms with Gasteiger partial charge in [-0.3, -0.25) is 0 Å². The number of hydrogen-bond acceptors (Lipinski definition) is 2. The van der Waals surface area contributed by atoms with E-state index in [1.165, 1.54) is 6.92 Å². The third-order valence-electron chi connectivity index (χ3n) is 4.05. The molecular weight excluding hydrogens is 350 g/mol. The Morgan fingerprint density at radius 1 is 0.800 bits per heavy atom. The molecule has 0 heterocycles. The first-order valence-corrected chi connectivity index (χ1v) is 7.27. The first-order valence-electron chi connectivity index (χ1n) is 7.27. The first-order chi connectivity index (χ1) is 11.7. The molecule has 2 nitrogen and oxygen atoms in total. The molecule has 0 atom stereocenters. The molecule has 0 unspecified atom stereocenters. The third-order valence-corrected chi connectivity index (χ3v) is 4.05. The van der Waals surface area contributed by atoms with Crippen molar-refractivity contribution in [2.45, 2.75) is 18.8 Å². The molecule has 2 aromatic rings. The number of fused-ring (bicyclic) bond motifs is 3. The van der Waals surface area contributed by atoms with Crippen LogP contribution in [-0.2, 0) is 11.8 Å². The van der Waals surface area contributed by atoms with Crippen LogP contribution in [0.5, 0.6) is 11.5 Å². The molecule has 0 aromatic heterocycles. The Balaban J connectivity index is 2.42. The van der Waals surface area contributed by atoms with Crippen LogP contribution < -0.4 is 9.47 Å². The van der Waals surface area contributed by atoms with Gasteiger partial charge in [-0.1, -0.05) is 0 Å². The van der Waals surface area contributed by atoms with Gasteiger partial charge in [0.15, 0.2) is 23.1 Å². The predicted octanol–water partition coefficient (Wildman–Crippen LogP) is 5.24. The van der Waals surface area contributed by atoms with Crippen molar-refractivity contribution in [1.29, 1.82) is 0 Å². The minimum atomic E-state index is -4.97. The molecule has 2 aromatic carbocycles. The number of benzene rings is 2. The van der Waals surface area contributed by atoms with Gasteiger partial charge in [-0.15, -0.1) is 0 Å². The van der Waals surface area contributed by atoms with E-state index in [1.807, 2.05) is 0 Å². The summed E-state index contributed by atoms with van der Waals surface area (Å²) in [6, 6.07) is 4.07. The number of ether oxygens (including phenoxy) is 2. The van der Waals surface area contributed by atoms with Gasteiger partial charge in [-0.25, -0.2) is 8.78 Å². The van der Waals surface area contributed by atoms with Crippen molar-refractivity contribution in [3.05, 3.63) is 47.0 Å². The van der Waals surface area contributed by atoms with Gasteiger partial charge in [-0.2, -0.15) is 17.6 Å². The molecule has 0 saturated carbocycles. The number of halogens is 6. The number of hydrogen-bond donors (Lipinski definition) is 0. The SMILES string of the molecule is CCOc1ccc2c(c1F)C(F)(F)C(F)(F)c1c-2ccc(OC)c1F. The van der Waals surface area contributed by atoms with Gasteiger partial charge >= 0.3 is 11.8 Å². The molecule has 0 amide bonds. The second-order valence-electron chi connectivity index (χ2n) is 5.39. The van der Waals surface area contributed by atoms with Gasteiger partial charge in [0.05, 0.1) is 24.8 Å². The summed E-state index contributed by atoms with van der Waals surface area (Å²) in [5.74, 6) is -14.3. The van der Waals surface area contributed by atoms with Crippen LogP contribution in [0.25, 0.3) is 11.1 Å². The van der Waals surface area contributed by atoms with Gasteiger partial charge in [0.2, 0.25) is 0 Å². The predicted molar refractivity (Wildman–Crippen MR) is 77.3 cm³/mol. The van der Waals surface area contributed by atoms with Crippen LogP contribution in [0, 0.1) is 11.6 Å². The molecule has 0 aliphatic heterocycles. The van der Waals surface area contributed by atoms with Crippen LogP contribution in [0.15, 0.2) is 24.3 Å². The third kappa shape index (κ3) is 2.19. The first kappa shape index (κ1) is 17.4. The van der Waals surface area contributed by atoms with Gasteiger partial charge < -0.3 is 9.47 Å². The lowest BCUT2D eigenvalue weighted by molar-refractivity contribution is -0.228. The highest BCUT2D eigenvalue weighted by Crippen LogP contribution is 2.60. The highest BCUT2D eigenvalue weighted by Gasteiger charge is 2.65. The van der Waals surface area contributed by atoms with Crippen molar-refractivity contribution in [3.8, 4) is 22.6 Å². The van der Waals surface area contributed by atoms with Gasteiger partial charge in [0, 0.05) is 0 Å². The van der Waals surface area contributed by atoms with Crippen LogP contribution in [0.3, 0.4) is 0 Å². The smallest absolute Gasteiger partial charge is 0.343 e. The molecule has 1 aliphatic rings. The van der Waals surface area contributed by atoms with E-state index in [2.05, 4.69) is 4.74 Å². The Hall–Kier alpha value is -2.38. The van der Waals surface area contributed by atoms with Crippen LogP contribution in [0.4, 0.5) is 26.3 Å². The molecule has 25 heavy (non-hydrogen) atoms. The summed E-state index contributed by atoms with van der Waals surface area (Å²) in [6.07, 6.45) is 0. The second-order valence-corrected chi connectivity index (χ2v) is 5.39. The average Bonchev–Trinajstić information content (AvgIpc) is 2.54. The maximum Gasteiger partial charge on any atom is 0.343 e. The summed E-state index contributed by atoms with van der Waals surface area (Å²) in [5.41, 5.74) is -4.08. The van der Waals surface area contributed by atoms with Crippen molar-refractivity contribution in [2.24, 2.45) is 0 Å². The quantitative estimate of drug-likeness (QED) is 0.696. The molecule has 0 bridgehead atoms. The van der Waals surface area contributed by atoms with E-state index >= 15 is 0 Å².